The zero-order valence-corrected chi connectivity index (χ0v) is 12.2. The van der Waals surface area contributed by atoms with Crippen molar-refractivity contribution < 1.29 is 0 Å². The molecule has 2 aromatic rings. The highest BCUT2D eigenvalue weighted by atomic mass is 79.9. The molecule has 92 valence electrons. The summed E-state index contributed by atoms with van der Waals surface area (Å²) in [6.45, 7) is 0.911. The molecular formula is C10H14BrN5S. The highest BCUT2D eigenvalue weighted by Crippen LogP contribution is 2.26. The van der Waals surface area contributed by atoms with Crippen LogP contribution < -0.4 is 5.32 Å². The summed E-state index contributed by atoms with van der Waals surface area (Å²) in [5, 5.41) is 8.55. The number of anilines is 1. The van der Waals surface area contributed by atoms with Crippen molar-refractivity contribution in [2.24, 2.45) is 7.05 Å². The monoisotopic (exact) mass is 315 g/mol. The van der Waals surface area contributed by atoms with E-state index in [1.165, 1.54) is 0 Å². The number of nitrogens with zero attached hydrogens (tertiary/aromatic N) is 4. The Hall–Kier alpha value is -0.820. The molecule has 0 amide bonds. The third kappa shape index (κ3) is 2.71. The summed E-state index contributed by atoms with van der Waals surface area (Å²) < 4.78 is 2.52. The van der Waals surface area contributed by atoms with Gasteiger partial charge in [-0.25, -0.2) is 14.6 Å². The minimum absolute atomic E-state index is 0.781. The highest BCUT2D eigenvalue weighted by Gasteiger charge is 2.12. The Morgan fingerprint density at radius 1 is 1.47 bits per heavy atom. The fourth-order valence-corrected chi connectivity index (χ4v) is 2.63. The SMILES string of the molecule is CSCCCNc1ncnc2c1c(Br)nn2C. The smallest absolute Gasteiger partial charge is 0.164 e. The second-order valence-corrected chi connectivity index (χ2v) is 5.35. The summed E-state index contributed by atoms with van der Waals surface area (Å²) in [6.07, 6.45) is 4.79. The average molecular weight is 316 g/mol. The lowest BCUT2D eigenvalue weighted by Gasteiger charge is -2.05. The maximum Gasteiger partial charge on any atom is 0.164 e. The van der Waals surface area contributed by atoms with Crippen LogP contribution in [0.5, 0.6) is 0 Å². The first-order valence-electron chi connectivity index (χ1n) is 5.30. The Morgan fingerprint density at radius 3 is 3.06 bits per heavy atom. The first kappa shape index (κ1) is 12.6. The molecule has 2 aromatic heterocycles. The Balaban J connectivity index is 2.22. The molecule has 0 fully saturated rings. The molecule has 0 aliphatic heterocycles. The molecule has 0 saturated heterocycles. The molecule has 5 nitrogen and oxygen atoms in total. The molecule has 7 heteroatoms. The average Bonchev–Trinajstić information content (AvgIpc) is 2.62. The number of hydrogen-bond donors (Lipinski definition) is 1. The predicted octanol–water partition coefficient (Wildman–Crippen LogP) is 2.29. The van der Waals surface area contributed by atoms with Crippen molar-refractivity contribution in [2.45, 2.75) is 6.42 Å². The number of fused-ring (bicyclic) bond motifs is 1. The molecule has 0 radical (unpaired) electrons. The molecule has 0 aromatic carbocycles. The van der Waals surface area contributed by atoms with E-state index in [-0.39, 0.29) is 0 Å². The van der Waals surface area contributed by atoms with Crippen LogP contribution in [0, 0.1) is 0 Å². The molecular weight excluding hydrogens is 302 g/mol. The fourth-order valence-electron chi connectivity index (χ4n) is 1.60. The summed E-state index contributed by atoms with van der Waals surface area (Å²) in [7, 11) is 1.87. The maximum atomic E-state index is 4.28. The van der Waals surface area contributed by atoms with E-state index in [2.05, 4.69) is 42.6 Å². The Morgan fingerprint density at radius 2 is 2.29 bits per heavy atom. The van der Waals surface area contributed by atoms with E-state index in [0.29, 0.717) is 0 Å². The Labute approximate surface area is 113 Å². The van der Waals surface area contributed by atoms with Crippen LogP contribution in [0.15, 0.2) is 10.9 Å². The van der Waals surface area contributed by atoms with Gasteiger partial charge in [-0.2, -0.15) is 16.9 Å². The van der Waals surface area contributed by atoms with Gasteiger partial charge >= 0.3 is 0 Å². The third-order valence-electron chi connectivity index (χ3n) is 2.40. The van der Waals surface area contributed by atoms with Crippen LogP contribution in [-0.4, -0.2) is 38.3 Å². The second kappa shape index (κ2) is 5.68. The van der Waals surface area contributed by atoms with Crippen LogP contribution in [0.25, 0.3) is 11.0 Å². The van der Waals surface area contributed by atoms with Crippen molar-refractivity contribution in [3.63, 3.8) is 0 Å². The van der Waals surface area contributed by atoms with Crippen molar-refractivity contribution in [1.82, 2.24) is 19.7 Å². The standard InChI is InChI=1S/C10H14BrN5S/c1-16-10-7(8(11)15-16)9(13-6-14-10)12-4-3-5-17-2/h6H,3-5H2,1-2H3,(H,12,13,14). The van der Waals surface area contributed by atoms with E-state index >= 15 is 0 Å². The van der Waals surface area contributed by atoms with Gasteiger partial charge in [-0.05, 0) is 34.4 Å². The normalized spacial score (nSPS) is 11.0. The highest BCUT2D eigenvalue weighted by molar-refractivity contribution is 9.10. The van der Waals surface area contributed by atoms with Crippen LogP contribution in [0.3, 0.4) is 0 Å². The summed E-state index contributed by atoms with van der Waals surface area (Å²) in [5.74, 6) is 1.99. The van der Waals surface area contributed by atoms with Gasteiger partial charge in [-0.3, -0.25) is 0 Å². The van der Waals surface area contributed by atoms with E-state index in [1.54, 1.807) is 11.0 Å². The van der Waals surface area contributed by atoms with E-state index in [4.69, 9.17) is 0 Å². The van der Waals surface area contributed by atoms with Crippen LogP contribution in [0.1, 0.15) is 6.42 Å². The molecule has 2 heterocycles. The minimum atomic E-state index is 0.781. The van der Waals surface area contributed by atoms with Gasteiger partial charge in [-0.1, -0.05) is 0 Å². The molecule has 0 aliphatic rings. The molecule has 2 rings (SSSR count). The van der Waals surface area contributed by atoms with Gasteiger partial charge in [0.15, 0.2) is 5.65 Å². The van der Waals surface area contributed by atoms with Crippen LogP contribution >= 0.6 is 27.7 Å². The number of aryl methyl sites for hydroxylation is 1. The first-order chi connectivity index (χ1) is 8.24. The van der Waals surface area contributed by atoms with E-state index in [9.17, 15) is 0 Å². The van der Waals surface area contributed by atoms with E-state index < -0.39 is 0 Å². The van der Waals surface area contributed by atoms with E-state index in [0.717, 1.165) is 40.2 Å². The van der Waals surface area contributed by atoms with E-state index in [1.807, 2.05) is 18.8 Å². The molecule has 0 aliphatic carbocycles. The zero-order chi connectivity index (χ0) is 12.3. The first-order valence-corrected chi connectivity index (χ1v) is 7.48. The zero-order valence-electron chi connectivity index (χ0n) is 9.77. The van der Waals surface area contributed by atoms with Crippen LogP contribution in [0.4, 0.5) is 5.82 Å². The Kier molecular flexibility index (Phi) is 4.22. The largest absolute Gasteiger partial charge is 0.369 e. The number of halogens is 1. The number of aromatic nitrogens is 4. The van der Waals surface area contributed by atoms with Gasteiger partial charge in [-0.15, -0.1) is 0 Å². The number of rotatable bonds is 5. The summed E-state index contributed by atoms with van der Waals surface area (Å²) in [5.41, 5.74) is 0.833. The molecule has 0 bridgehead atoms. The quantitative estimate of drug-likeness (QED) is 0.858. The molecule has 0 unspecified atom stereocenters. The van der Waals surface area contributed by atoms with Crippen molar-refractivity contribution in [2.75, 3.05) is 23.9 Å². The molecule has 0 saturated carbocycles. The fraction of sp³-hybridized carbons (Fsp3) is 0.500. The Bertz CT molecular complexity index is 513. The molecule has 1 N–H and O–H groups in total. The van der Waals surface area contributed by atoms with Gasteiger partial charge in [0.25, 0.3) is 0 Å². The summed E-state index contributed by atoms with van der Waals surface area (Å²) in [4.78, 5) is 8.49. The molecule has 0 atom stereocenters. The van der Waals surface area contributed by atoms with Gasteiger partial charge in [0, 0.05) is 13.6 Å². The van der Waals surface area contributed by atoms with Crippen molar-refractivity contribution in [3.05, 3.63) is 10.9 Å². The van der Waals surface area contributed by atoms with Crippen molar-refractivity contribution in [1.29, 1.82) is 0 Å². The lowest BCUT2D eigenvalue weighted by atomic mass is 10.4. The van der Waals surface area contributed by atoms with Gasteiger partial charge in [0.05, 0.1) is 5.39 Å². The van der Waals surface area contributed by atoms with Crippen molar-refractivity contribution >= 4 is 44.5 Å². The maximum absolute atomic E-state index is 4.28. The second-order valence-electron chi connectivity index (χ2n) is 3.61. The van der Waals surface area contributed by atoms with Crippen LogP contribution in [0.2, 0.25) is 0 Å². The lowest BCUT2D eigenvalue weighted by Crippen LogP contribution is -2.05. The number of nitrogens with one attached hydrogen (secondary N) is 1. The van der Waals surface area contributed by atoms with Crippen molar-refractivity contribution in [3.8, 4) is 0 Å². The number of hydrogen-bond acceptors (Lipinski definition) is 5. The number of thioether (sulfide) groups is 1. The predicted molar refractivity (Wildman–Crippen MR) is 75.5 cm³/mol. The third-order valence-corrected chi connectivity index (χ3v) is 3.65. The topological polar surface area (TPSA) is 55.6 Å². The van der Waals surface area contributed by atoms with Crippen LogP contribution in [-0.2, 0) is 7.05 Å². The summed E-state index contributed by atoms with van der Waals surface area (Å²) in [6, 6.07) is 0. The molecule has 0 spiro atoms. The van der Waals surface area contributed by atoms with Gasteiger partial charge in [0.1, 0.15) is 16.7 Å². The lowest BCUT2D eigenvalue weighted by molar-refractivity contribution is 0.777. The minimum Gasteiger partial charge on any atom is -0.369 e. The van der Waals surface area contributed by atoms with Gasteiger partial charge in [0.2, 0.25) is 0 Å². The van der Waals surface area contributed by atoms with Gasteiger partial charge < -0.3 is 5.32 Å². The summed E-state index contributed by atoms with van der Waals surface area (Å²) >= 11 is 5.28. The molecule has 17 heavy (non-hydrogen) atoms.